The van der Waals surface area contributed by atoms with Gasteiger partial charge in [0.25, 0.3) is 0 Å². The fourth-order valence-electron chi connectivity index (χ4n) is 2.16. The highest BCUT2D eigenvalue weighted by atomic mass is 79.9. The molecule has 0 aliphatic carbocycles. The molecule has 0 saturated carbocycles. The van der Waals surface area contributed by atoms with Gasteiger partial charge in [-0.15, -0.1) is 0 Å². The molecule has 1 fully saturated rings. The second-order valence-corrected chi connectivity index (χ2v) is 7.06. The molecule has 1 aliphatic rings. The Bertz CT molecular complexity index is 587. The van der Waals surface area contributed by atoms with Crippen molar-refractivity contribution in [3.63, 3.8) is 0 Å². The first-order valence-electron chi connectivity index (χ1n) is 5.82. The summed E-state index contributed by atoms with van der Waals surface area (Å²) >= 11 is 3.25. The summed E-state index contributed by atoms with van der Waals surface area (Å²) in [5.74, 6) is -0.504. The molecule has 1 atom stereocenters. The number of ether oxygens (including phenoxy) is 1. The van der Waals surface area contributed by atoms with Gasteiger partial charge in [0.1, 0.15) is 6.04 Å². The van der Waals surface area contributed by atoms with Crippen LogP contribution in [0.4, 0.5) is 0 Å². The summed E-state index contributed by atoms with van der Waals surface area (Å²) in [5, 5.41) is 0. The molecule has 1 unspecified atom stereocenters. The molecule has 1 aliphatic heterocycles. The number of nitrogens with zero attached hydrogens (tertiary/aromatic N) is 1. The van der Waals surface area contributed by atoms with E-state index in [-0.39, 0.29) is 4.90 Å². The Labute approximate surface area is 120 Å². The van der Waals surface area contributed by atoms with E-state index in [1.54, 1.807) is 12.1 Å². The number of methoxy groups -OCH3 is 1. The van der Waals surface area contributed by atoms with Crippen LogP contribution in [0.25, 0.3) is 0 Å². The van der Waals surface area contributed by atoms with Crippen molar-refractivity contribution in [1.82, 2.24) is 4.31 Å². The van der Waals surface area contributed by atoms with Crippen molar-refractivity contribution >= 4 is 31.9 Å². The molecule has 7 heteroatoms. The Kier molecular flexibility index (Phi) is 4.27. The number of rotatable bonds is 3. The fraction of sp³-hybridized carbons (Fsp3) is 0.417. The Morgan fingerprint density at radius 1 is 1.47 bits per heavy atom. The van der Waals surface area contributed by atoms with Gasteiger partial charge >= 0.3 is 5.97 Å². The van der Waals surface area contributed by atoms with Crippen LogP contribution in [-0.2, 0) is 19.6 Å². The van der Waals surface area contributed by atoms with Gasteiger partial charge in [-0.1, -0.05) is 22.0 Å². The maximum absolute atomic E-state index is 12.5. The van der Waals surface area contributed by atoms with Crippen molar-refractivity contribution in [2.45, 2.75) is 23.8 Å². The van der Waals surface area contributed by atoms with E-state index in [1.165, 1.54) is 23.5 Å². The second-order valence-electron chi connectivity index (χ2n) is 4.25. The van der Waals surface area contributed by atoms with E-state index in [1.807, 2.05) is 0 Å². The molecule has 104 valence electrons. The Balaban J connectivity index is 2.36. The third kappa shape index (κ3) is 2.82. The normalized spacial score (nSPS) is 20.4. The summed E-state index contributed by atoms with van der Waals surface area (Å²) in [4.78, 5) is 11.8. The number of benzene rings is 1. The standard InChI is InChI=1S/C12H14BrNO4S/c1-18-12(15)11-6-3-7-14(11)19(16,17)10-5-2-4-9(13)8-10/h2,4-5,8,11H,3,6-7H2,1H3. The average molecular weight is 348 g/mol. The van der Waals surface area contributed by atoms with Crippen molar-refractivity contribution < 1.29 is 17.9 Å². The quantitative estimate of drug-likeness (QED) is 0.781. The molecule has 19 heavy (non-hydrogen) atoms. The number of hydrogen-bond acceptors (Lipinski definition) is 4. The lowest BCUT2D eigenvalue weighted by Gasteiger charge is -2.22. The van der Waals surface area contributed by atoms with Gasteiger partial charge < -0.3 is 4.74 Å². The first-order valence-corrected chi connectivity index (χ1v) is 8.05. The van der Waals surface area contributed by atoms with E-state index in [0.717, 1.165) is 0 Å². The fourth-order valence-corrected chi connectivity index (χ4v) is 4.41. The number of sulfonamides is 1. The van der Waals surface area contributed by atoms with Crippen LogP contribution in [0, 0.1) is 0 Å². The SMILES string of the molecule is COC(=O)C1CCCN1S(=O)(=O)c1cccc(Br)c1. The molecule has 1 heterocycles. The Hall–Kier alpha value is -0.920. The minimum Gasteiger partial charge on any atom is -0.468 e. The highest BCUT2D eigenvalue weighted by Crippen LogP contribution is 2.27. The molecule has 1 aromatic rings. The summed E-state index contributed by atoms with van der Waals surface area (Å²) in [6, 6.07) is 5.74. The number of hydrogen-bond donors (Lipinski definition) is 0. The van der Waals surface area contributed by atoms with Gasteiger partial charge in [0, 0.05) is 11.0 Å². The molecule has 0 bridgehead atoms. The van der Waals surface area contributed by atoms with Crippen LogP contribution in [0.15, 0.2) is 33.6 Å². The van der Waals surface area contributed by atoms with Gasteiger partial charge in [-0.2, -0.15) is 4.31 Å². The third-order valence-corrected chi connectivity index (χ3v) is 5.48. The van der Waals surface area contributed by atoms with E-state index >= 15 is 0 Å². The Morgan fingerprint density at radius 3 is 2.84 bits per heavy atom. The van der Waals surface area contributed by atoms with Crippen molar-refractivity contribution in [2.75, 3.05) is 13.7 Å². The summed E-state index contributed by atoms with van der Waals surface area (Å²) < 4.78 is 31.6. The minimum absolute atomic E-state index is 0.178. The molecule has 0 aromatic heterocycles. The lowest BCUT2D eigenvalue weighted by Crippen LogP contribution is -2.41. The summed E-state index contributed by atoms with van der Waals surface area (Å²) in [6.07, 6.45) is 1.16. The van der Waals surface area contributed by atoms with Gasteiger partial charge in [0.2, 0.25) is 10.0 Å². The van der Waals surface area contributed by atoms with Crippen LogP contribution >= 0.6 is 15.9 Å². The molecule has 0 spiro atoms. The van der Waals surface area contributed by atoms with E-state index in [0.29, 0.717) is 23.9 Å². The number of esters is 1. The summed E-state index contributed by atoms with van der Waals surface area (Å²) in [5.41, 5.74) is 0. The lowest BCUT2D eigenvalue weighted by atomic mass is 10.2. The number of carbonyl (C=O) groups is 1. The second kappa shape index (κ2) is 5.60. The zero-order valence-electron chi connectivity index (χ0n) is 10.4. The predicted octanol–water partition coefficient (Wildman–Crippen LogP) is 1.78. The topological polar surface area (TPSA) is 63.7 Å². The van der Waals surface area contributed by atoms with E-state index in [4.69, 9.17) is 0 Å². The van der Waals surface area contributed by atoms with Gasteiger partial charge in [0.15, 0.2) is 0 Å². The third-order valence-electron chi connectivity index (χ3n) is 3.08. The predicted molar refractivity (Wildman–Crippen MR) is 73.1 cm³/mol. The van der Waals surface area contributed by atoms with E-state index in [2.05, 4.69) is 20.7 Å². The van der Waals surface area contributed by atoms with Gasteiger partial charge in [-0.05, 0) is 31.0 Å². The van der Waals surface area contributed by atoms with Gasteiger partial charge in [0.05, 0.1) is 12.0 Å². The smallest absolute Gasteiger partial charge is 0.324 e. The maximum Gasteiger partial charge on any atom is 0.324 e. The van der Waals surface area contributed by atoms with Gasteiger partial charge in [-0.25, -0.2) is 8.42 Å². The van der Waals surface area contributed by atoms with Crippen LogP contribution in [0.5, 0.6) is 0 Å². The molecule has 0 N–H and O–H groups in total. The first-order chi connectivity index (χ1) is 8.96. The highest BCUT2D eigenvalue weighted by molar-refractivity contribution is 9.10. The van der Waals surface area contributed by atoms with Crippen molar-refractivity contribution in [1.29, 1.82) is 0 Å². The Morgan fingerprint density at radius 2 is 2.21 bits per heavy atom. The van der Waals surface area contributed by atoms with Crippen LogP contribution in [-0.4, -0.2) is 38.4 Å². The maximum atomic E-state index is 12.5. The minimum atomic E-state index is -3.66. The zero-order chi connectivity index (χ0) is 14.0. The molecular formula is C12H14BrNO4S. The molecule has 5 nitrogen and oxygen atoms in total. The van der Waals surface area contributed by atoms with Crippen molar-refractivity contribution in [3.8, 4) is 0 Å². The van der Waals surface area contributed by atoms with Crippen molar-refractivity contribution in [2.24, 2.45) is 0 Å². The number of carbonyl (C=O) groups excluding carboxylic acids is 1. The highest BCUT2D eigenvalue weighted by Gasteiger charge is 2.40. The van der Waals surface area contributed by atoms with Crippen LogP contribution in [0.2, 0.25) is 0 Å². The summed E-state index contributed by atoms with van der Waals surface area (Å²) in [6.45, 7) is 0.342. The van der Waals surface area contributed by atoms with Gasteiger partial charge in [-0.3, -0.25) is 4.79 Å². The van der Waals surface area contributed by atoms with E-state index in [9.17, 15) is 13.2 Å². The van der Waals surface area contributed by atoms with Crippen LogP contribution < -0.4 is 0 Å². The molecule has 1 aromatic carbocycles. The van der Waals surface area contributed by atoms with Crippen LogP contribution in [0.1, 0.15) is 12.8 Å². The zero-order valence-corrected chi connectivity index (χ0v) is 12.8. The molecule has 0 amide bonds. The molecular weight excluding hydrogens is 334 g/mol. The molecule has 1 saturated heterocycles. The van der Waals surface area contributed by atoms with Crippen LogP contribution in [0.3, 0.4) is 0 Å². The van der Waals surface area contributed by atoms with Crippen molar-refractivity contribution in [3.05, 3.63) is 28.7 Å². The monoisotopic (exact) mass is 347 g/mol. The first kappa shape index (κ1) is 14.5. The van der Waals surface area contributed by atoms with E-state index < -0.39 is 22.0 Å². The molecule has 0 radical (unpaired) electrons. The number of halogens is 1. The largest absolute Gasteiger partial charge is 0.468 e. The summed E-state index contributed by atoms with van der Waals surface area (Å²) in [7, 11) is -2.39. The lowest BCUT2D eigenvalue weighted by molar-refractivity contribution is -0.144. The average Bonchev–Trinajstić information content (AvgIpc) is 2.87. The molecule has 2 rings (SSSR count).